The van der Waals surface area contributed by atoms with Crippen molar-refractivity contribution in [2.24, 2.45) is 5.73 Å². The second-order valence-corrected chi connectivity index (χ2v) is 4.79. The van der Waals surface area contributed by atoms with E-state index >= 15 is 0 Å². The number of rotatable bonds is 5. The molecular formula is C16H15N7. The number of nitrogens with two attached hydrogens (primary N) is 1. The highest BCUT2D eigenvalue weighted by atomic mass is 15.2. The minimum atomic E-state index is 0.335. The Balaban J connectivity index is 2.06. The Morgan fingerprint density at radius 3 is 2.74 bits per heavy atom. The molecule has 0 unspecified atom stereocenters. The molecule has 1 aromatic carbocycles. The summed E-state index contributed by atoms with van der Waals surface area (Å²) in [6, 6.07) is 13.7. The van der Waals surface area contributed by atoms with E-state index in [4.69, 9.17) is 11.0 Å². The van der Waals surface area contributed by atoms with Crippen molar-refractivity contribution < 1.29 is 0 Å². The van der Waals surface area contributed by atoms with Crippen molar-refractivity contribution in [1.82, 2.24) is 19.5 Å². The van der Waals surface area contributed by atoms with Crippen molar-refractivity contribution in [3.05, 3.63) is 54.6 Å². The van der Waals surface area contributed by atoms with Gasteiger partial charge in [-0.2, -0.15) is 10.2 Å². The van der Waals surface area contributed by atoms with Gasteiger partial charge in [0.25, 0.3) is 0 Å². The molecule has 7 heteroatoms. The van der Waals surface area contributed by atoms with Crippen LogP contribution >= 0.6 is 0 Å². The summed E-state index contributed by atoms with van der Waals surface area (Å²) in [6.45, 7) is 1.06. The number of benzene rings is 1. The van der Waals surface area contributed by atoms with Crippen LogP contribution in [0.4, 0.5) is 5.95 Å². The molecule has 0 atom stereocenters. The van der Waals surface area contributed by atoms with E-state index in [1.165, 1.54) is 0 Å². The van der Waals surface area contributed by atoms with Gasteiger partial charge in [-0.15, -0.1) is 0 Å². The van der Waals surface area contributed by atoms with Crippen LogP contribution in [0.15, 0.2) is 48.9 Å². The smallest absolute Gasteiger partial charge is 0.225 e. The highest BCUT2D eigenvalue weighted by Crippen LogP contribution is 2.20. The van der Waals surface area contributed by atoms with Crippen LogP contribution in [0.3, 0.4) is 0 Å². The van der Waals surface area contributed by atoms with E-state index in [9.17, 15) is 0 Å². The molecule has 0 aliphatic carbocycles. The molecule has 2 heterocycles. The van der Waals surface area contributed by atoms with Gasteiger partial charge in [-0.05, 0) is 0 Å². The third-order valence-electron chi connectivity index (χ3n) is 3.17. The van der Waals surface area contributed by atoms with E-state index in [0.29, 0.717) is 30.5 Å². The van der Waals surface area contributed by atoms with Gasteiger partial charge in [0.2, 0.25) is 5.95 Å². The van der Waals surface area contributed by atoms with Crippen molar-refractivity contribution in [3.63, 3.8) is 0 Å². The van der Waals surface area contributed by atoms with Gasteiger partial charge in [-0.1, -0.05) is 30.3 Å². The number of nitriles is 1. The maximum Gasteiger partial charge on any atom is 0.225 e. The highest BCUT2D eigenvalue weighted by molar-refractivity contribution is 5.62. The molecule has 0 amide bonds. The average molecular weight is 305 g/mol. The number of hydrogen-bond acceptors (Lipinski definition) is 6. The third-order valence-corrected chi connectivity index (χ3v) is 3.17. The number of anilines is 1. The Labute approximate surface area is 133 Å². The molecule has 3 aromatic rings. The van der Waals surface area contributed by atoms with Crippen LogP contribution < -0.4 is 11.1 Å². The second-order valence-electron chi connectivity index (χ2n) is 4.79. The second kappa shape index (κ2) is 6.68. The molecule has 0 spiro atoms. The largest absolute Gasteiger partial charge is 0.353 e. The van der Waals surface area contributed by atoms with Gasteiger partial charge >= 0.3 is 0 Å². The molecule has 0 radical (unpaired) electrons. The van der Waals surface area contributed by atoms with Crippen LogP contribution in [0, 0.1) is 11.3 Å². The summed E-state index contributed by atoms with van der Waals surface area (Å²) in [5.74, 6) is 1.12. The molecular weight excluding hydrogens is 290 g/mol. The predicted molar refractivity (Wildman–Crippen MR) is 86.8 cm³/mol. The Morgan fingerprint density at radius 1 is 1.22 bits per heavy atom. The number of aromatic nitrogens is 4. The van der Waals surface area contributed by atoms with Crippen molar-refractivity contribution in [1.29, 1.82) is 5.26 Å². The van der Waals surface area contributed by atoms with Crippen LogP contribution in [0.2, 0.25) is 0 Å². The Hall–Kier alpha value is -3.24. The molecule has 0 aliphatic heterocycles. The lowest BCUT2D eigenvalue weighted by molar-refractivity contribution is 0.947. The Kier molecular flexibility index (Phi) is 4.27. The van der Waals surface area contributed by atoms with Crippen molar-refractivity contribution in [2.75, 3.05) is 18.4 Å². The molecule has 0 aliphatic rings. The summed E-state index contributed by atoms with van der Waals surface area (Å²) in [5.41, 5.74) is 7.62. The number of nitrogens with one attached hydrogen (secondary N) is 1. The first-order valence-electron chi connectivity index (χ1n) is 7.13. The highest BCUT2D eigenvalue weighted by Gasteiger charge is 2.09. The monoisotopic (exact) mass is 305 g/mol. The predicted octanol–water partition coefficient (Wildman–Crippen LogP) is 1.57. The molecule has 0 bridgehead atoms. The molecule has 0 fully saturated rings. The Bertz CT molecular complexity index is 833. The van der Waals surface area contributed by atoms with E-state index in [2.05, 4.69) is 20.3 Å². The SMILES string of the molecule is N#Cc1cn(-c2cc(-c3ccccc3)nc(NCCN)n2)cn1. The van der Waals surface area contributed by atoms with E-state index in [1.54, 1.807) is 17.1 Å². The summed E-state index contributed by atoms with van der Waals surface area (Å²) < 4.78 is 1.69. The Morgan fingerprint density at radius 2 is 2.04 bits per heavy atom. The lowest BCUT2D eigenvalue weighted by atomic mass is 10.1. The zero-order chi connectivity index (χ0) is 16.1. The van der Waals surface area contributed by atoms with Gasteiger partial charge in [0.05, 0.1) is 5.69 Å². The van der Waals surface area contributed by atoms with Gasteiger partial charge < -0.3 is 11.1 Å². The van der Waals surface area contributed by atoms with Crippen molar-refractivity contribution in [2.45, 2.75) is 0 Å². The standard InChI is InChI=1S/C16H15N7/c17-6-7-19-16-21-14(12-4-2-1-3-5-12)8-15(22-16)23-10-13(9-18)20-11-23/h1-5,8,10-11H,6-7,17H2,(H,19,21,22). The average Bonchev–Trinajstić information content (AvgIpc) is 3.10. The molecule has 2 aromatic heterocycles. The molecule has 23 heavy (non-hydrogen) atoms. The van der Waals surface area contributed by atoms with Crippen LogP contribution in [0.5, 0.6) is 0 Å². The van der Waals surface area contributed by atoms with Gasteiger partial charge in [0.1, 0.15) is 18.2 Å². The molecule has 7 nitrogen and oxygen atoms in total. The van der Waals surface area contributed by atoms with Gasteiger partial charge in [-0.25, -0.2) is 9.97 Å². The fourth-order valence-corrected chi connectivity index (χ4v) is 2.09. The van der Waals surface area contributed by atoms with Gasteiger partial charge in [-0.3, -0.25) is 4.57 Å². The van der Waals surface area contributed by atoms with E-state index in [-0.39, 0.29) is 0 Å². The third kappa shape index (κ3) is 3.33. The van der Waals surface area contributed by atoms with Crippen molar-refractivity contribution >= 4 is 5.95 Å². The molecule has 114 valence electrons. The maximum atomic E-state index is 8.92. The summed E-state index contributed by atoms with van der Waals surface area (Å²) in [6.07, 6.45) is 3.19. The molecule has 3 N–H and O–H groups in total. The fraction of sp³-hybridized carbons (Fsp3) is 0.125. The number of imidazole rings is 1. The minimum Gasteiger partial charge on any atom is -0.353 e. The summed E-state index contributed by atoms with van der Waals surface area (Å²) >= 11 is 0. The zero-order valence-electron chi connectivity index (χ0n) is 12.3. The summed E-state index contributed by atoms with van der Waals surface area (Å²) in [4.78, 5) is 13.0. The van der Waals surface area contributed by atoms with Gasteiger partial charge in [0.15, 0.2) is 5.69 Å². The fourth-order valence-electron chi connectivity index (χ4n) is 2.09. The lowest BCUT2D eigenvalue weighted by Crippen LogP contribution is -2.15. The van der Waals surface area contributed by atoms with E-state index in [0.717, 1.165) is 11.3 Å². The normalized spacial score (nSPS) is 10.3. The van der Waals surface area contributed by atoms with E-state index < -0.39 is 0 Å². The molecule has 0 saturated heterocycles. The van der Waals surface area contributed by atoms with E-state index in [1.807, 2.05) is 42.5 Å². The molecule has 0 saturated carbocycles. The first-order chi connectivity index (χ1) is 11.3. The quantitative estimate of drug-likeness (QED) is 0.741. The molecule has 3 rings (SSSR count). The summed E-state index contributed by atoms with van der Waals surface area (Å²) in [7, 11) is 0. The first-order valence-corrected chi connectivity index (χ1v) is 7.13. The van der Waals surface area contributed by atoms with Crippen LogP contribution in [-0.4, -0.2) is 32.6 Å². The first kappa shape index (κ1) is 14.7. The minimum absolute atomic E-state index is 0.335. The number of hydrogen-bond donors (Lipinski definition) is 2. The topological polar surface area (TPSA) is 105 Å². The maximum absolute atomic E-state index is 8.92. The van der Waals surface area contributed by atoms with Crippen LogP contribution in [-0.2, 0) is 0 Å². The van der Waals surface area contributed by atoms with Gasteiger partial charge in [0, 0.05) is 30.9 Å². The van der Waals surface area contributed by atoms with Crippen molar-refractivity contribution in [3.8, 4) is 23.1 Å². The summed E-state index contributed by atoms with van der Waals surface area (Å²) in [5, 5.41) is 12.0. The zero-order valence-corrected chi connectivity index (χ0v) is 12.3. The lowest BCUT2D eigenvalue weighted by Gasteiger charge is -2.09. The van der Waals surface area contributed by atoms with Crippen LogP contribution in [0.25, 0.3) is 17.1 Å². The van der Waals surface area contributed by atoms with Crippen LogP contribution in [0.1, 0.15) is 5.69 Å². The number of nitrogens with zero attached hydrogens (tertiary/aromatic N) is 5.